The van der Waals surface area contributed by atoms with Crippen LogP contribution >= 0.6 is 11.3 Å². The van der Waals surface area contributed by atoms with Crippen LogP contribution in [0.3, 0.4) is 0 Å². The molecule has 0 spiro atoms. The molecule has 1 amide bonds. The highest BCUT2D eigenvalue weighted by atomic mass is 32.1. The molecule has 0 bridgehead atoms. The highest BCUT2D eigenvalue weighted by Crippen LogP contribution is 2.14. The monoisotopic (exact) mass is 195 g/mol. The van der Waals surface area contributed by atoms with Crippen LogP contribution in [0, 0.1) is 6.92 Å². The van der Waals surface area contributed by atoms with E-state index in [1.807, 2.05) is 26.0 Å². The Morgan fingerprint density at radius 3 is 2.85 bits per heavy atom. The lowest BCUT2D eigenvalue weighted by Gasteiger charge is -2.06. The average Bonchev–Trinajstić information content (AvgIpc) is 2.51. The van der Waals surface area contributed by atoms with E-state index >= 15 is 0 Å². The van der Waals surface area contributed by atoms with Gasteiger partial charge in [-0.05, 0) is 26.0 Å². The van der Waals surface area contributed by atoms with E-state index in [9.17, 15) is 4.79 Å². The maximum Gasteiger partial charge on any atom is 0.261 e. The van der Waals surface area contributed by atoms with Gasteiger partial charge in [0.15, 0.2) is 0 Å². The number of hydrogen-bond acceptors (Lipinski definition) is 2. The molecule has 0 aliphatic carbocycles. The fourth-order valence-electron chi connectivity index (χ4n) is 0.893. The molecule has 0 aromatic carbocycles. The molecule has 1 aromatic rings. The number of carbonyl (C=O) groups excluding carboxylic acids is 1. The van der Waals surface area contributed by atoms with Crippen molar-refractivity contribution in [1.82, 2.24) is 5.32 Å². The van der Waals surface area contributed by atoms with Crippen molar-refractivity contribution in [3.05, 3.63) is 34.5 Å². The fourth-order valence-corrected chi connectivity index (χ4v) is 1.66. The quantitative estimate of drug-likeness (QED) is 0.737. The minimum Gasteiger partial charge on any atom is -0.345 e. The van der Waals surface area contributed by atoms with Crippen LogP contribution in [0.25, 0.3) is 0 Å². The van der Waals surface area contributed by atoms with Crippen molar-refractivity contribution >= 4 is 17.2 Å². The summed E-state index contributed by atoms with van der Waals surface area (Å²) in [5.41, 5.74) is 0. The molecule has 0 saturated carbocycles. The van der Waals surface area contributed by atoms with Gasteiger partial charge >= 0.3 is 0 Å². The van der Waals surface area contributed by atoms with Gasteiger partial charge in [-0.3, -0.25) is 4.79 Å². The molecule has 1 aromatic heterocycles. The van der Waals surface area contributed by atoms with Gasteiger partial charge < -0.3 is 5.32 Å². The molecule has 3 heteroatoms. The van der Waals surface area contributed by atoms with Crippen molar-refractivity contribution in [3.8, 4) is 0 Å². The topological polar surface area (TPSA) is 29.1 Å². The number of carbonyl (C=O) groups is 1. The highest BCUT2D eigenvalue weighted by molar-refractivity contribution is 7.13. The second kappa shape index (κ2) is 4.23. The van der Waals surface area contributed by atoms with Crippen LogP contribution in [0.4, 0.5) is 0 Å². The number of amides is 1. The molecule has 0 saturated heterocycles. The summed E-state index contributed by atoms with van der Waals surface area (Å²) in [5.74, 6) is -0.0227. The molecule has 0 aliphatic heterocycles. The van der Waals surface area contributed by atoms with Crippen molar-refractivity contribution in [2.45, 2.75) is 19.9 Å². The number of aryl methyl sites for hydroxylation is 1. The Morgan fingerprint density at radius 2 is 2.38 bits per heavy atom. The lowest BCUT2D eigenvalue weighted by Crippen LogP contribution is -2.30. The standard InChI is InChI=1S/C10H13NOS/c1-4-7(2)11-10(12)9-6-5-8(3)13-9/h4-7H,1H2,2-3H3,(H,11,12). The molecule has 0 radical (unpaired) electrons. The fraction of sp³-hybridized carbons (Fsp3) is 0.300. The summed E-state index contributed by atoms with van der Waals surface area (Å²) in [6.07, 6.45) is 1.71. The SMILES string of the molecule is C=CC(C)NC(=O)c1ccc(C)s1. The van der Waals surface area contributed by atoms with Gasteiger partial charge in [0.05, 0.1) is 4.88 Å². The third-order valence-corrected chi connectivity index (χ3v) is 2.68. The molecule has 1 atom stereocenters. The summed E-state index contributed by atoms with van der Waals surface area (Å²) >= 11 is 1.50. The number of rotatable bonds is 3. The zero-order valence-corrected chi connectivity index (χ0v) is 8.65. The summed E-state index contributed by atoms with van der Waals surface area (Å²) in [4.78, 5) is 13.4. The molecule has 13 heavy (non-hydrogen) atoms. The average molecular weight is 195 g/mol. The minimum atomic E-state index is -0.0227. The van der Waals surface area contributed by atoms with E-state index in [0.717, 1.165) is 9.75 Å². The summed E-state index contributed by atoms with van der Waals surface area (Å²) in [5, 5.41) is 2.81. The van der Waals surface area contributed by atoms with Crippen LogP contribution < -0.4 is 5.32 Å². The molecule has 1 N–H and O–H groups in total. The van der Waals surface area contributed by atoms with E-state index in [1.165, 1.54) is 11.3 Å². The van der Waals surface area contributed by atoms with Crippen LogP contribution in [0.1, 0.15) is 21.5 Å². The molecule has 0 aliphatic rings. The Morgan fingerprint density at radius 1 is 1.69 bits per heavy atom. The summed E-state index contributed by atoms with van der Waals surface area (Å²) in [7, 11) is 0. The molecule has 1 rings (SSSR count). The Bertz CT molecular complexity index is 316. The smallest absolute Gasteiger partial charge is 0.261 e. The largest absolute Gasteiger partial charge is 0.345 e. The van der Waals surface area contributed by atoms with Gasteiger partial charge in [0.25, 0.3) is 5.91 Å². The molecule has 1 heterocycles. The summed E-state index contributed by atoms with van der Waals surface area (Å²) < 4.78 is 0. The van der Waals surface area contributed by atoms with Crippen molar-refractivity contribution < 1.29 is 4.79 Å². The first-order valence-electron chi connectivity index (χ1n) is 4.13. The first-order valence-corrected chi connectivity index (χ1v) is 4.95. The minimum absolute atomic E-state index is 0.0227. The normalized spacial score (nSPS) is 12.2. The van der Waals surface area contributed by atoms with E-state index in [-0.39, 0.29) is 11.9 Å². The van der Waals surface area contributed by atoms with Gasteiger partial charge in [-0.1, -0.05) is 6.08 Å². The van der Waals surface area contributed by atoms with E-state index in [1.54, 1.807) is 6.08 Å². The van der Waals surface area contributed by atoms with E-state index in [2.05, 4.69) is 11.9 Å². The number of nitrogens with one attached hydrogen (secondary N) is 1. The van der Waals surface area contributed by atoms with E-state index < -0.39 is 0 Å². The number of thiophene rings is 1. The molecular weight excluding hydrogens is 182 g/mol. The van der Waals surface area contributed by atoms with Crippen molar-refractivity contribution in [2.75, 3.05) is 0 Å². The maximum atomic E-state index is 11.5. The lowest BCUT2D eigenvalue weighted by molar-refractivity contribution is 0.0951. The molecule has 1 unspecified atom stereocenters. The maximum absolute atomic E-state index is 11.5. The van der Waals surface area contributed by atoms with Gasteiger partial charge in [-0.25, -0.2) is 0 Å². The van der Waals surface area contributed by atoms with Gasteiger partial charge in [-0.15, -0.1) is 17.9 Å². The first-order chi connectivity index (χ1) is 6.13. The van der Waals surface area contributed by atoms with Crippen molar-refractivity contribution in [3.63, 3.8) is 0 Å². The zero-order valence-electron chi connectivity index (χ0n) is 7.83. The highest BCUT2D eigenvalue weighted by Gasteiger charge is 2.08. The van der Waals surface area contributed by atoms with Crippen LogP contribution in [0.2, 0.25) is 0 Å². The predicted molar refractivity (Wildman–Crippen MR) is 56.2 cm³/mol. The van der Waals surface area contributed by atoms with Crippen LogP contribution in [-0.2, 0) is 0 Å². The van der Waals surface area contributed by atoms with Gasteiger partial charge in [0.1, 0.15) is 0 Å². The number of hydrogen-bond donors (Lipinski definition) is 1. The Labute approximate surface area is 82.3 Å². The second-order valence-electron chi connectivity index (χ2n) is 2.91. The third-order valence-electron chi connectivity index (χ3n) is 1.68. The molecule has 2 nitrogen and oxygen atoms in total. The second-order valence-corrected chi connectivity index (χ2v) is 4.20. The summed E-state index contributed by atoms with van der Waals surface area (Å²) in [6.45, 7) is 7.48. The summed E-state index contributed by atoms with van der Waals surface area (Å²) in [6, 6.07) is 3.80. The predicted octanol–water partition coefficient (Wildman–Crippen LogP) is 2.36. The Balaban J connectivity index is 2.63. The van der Waals surface area contributed by atoms with Crippen LogP contribution in [0.15, 0.2) is 24.8 Å². The molecular formula is C10H13NOS. The lowest BCUT2D eigenvalue weighted by atomic mass is 10.3. The van der Waals surface area contributed by atoms with Gasteiger partial charge in [-0.2, -0.15) is 0 Å². The van der Waals surface area contributed by atoms with Crippen molar-refractivity contribution in [1.29, 1.82) is 0 Å². The third kappa shape index (κ3) is 2.70. The van der Waals surface area contributed by atoms with E-state index in [4.69, 9.17) is 0 Å². The Kier molecular flexibility index (Phi) is 3.25. The Hall–Kier alpha value is -1.09. The van der Waals surface area contributed by atoms with Crippen LogP contribution in [0.5, 0.6) is 0 Å². The van der Waals surface area contributed by atoms with Gasteiger partial charge in [0, 0.05) is 10.9 Å². The molecule has 0 fully saturated rings. The zero-order chi connectivity index (χ0) is 9.84. The van der Waals surface area contributed by atoms with E-state index in [0.29, 0.717) is 0 Å². The van der Waals surface area contributed by atoms with Crippen molar-refractivity contribution in [2.24, 2.45) is 0 Å². The van der Waals surface area contributed by atoms with Crippen LogP contribution in [-0.4, -0.2) is 11.9 Å². The first kappa shape index (κ1) is 9.99. The molecule has 70 valence electrons. The van der Waals surface area contributed by atoms with Gasteiger partial charge in [0.2, 0.25) is 0 Å².